The molecule has 0 radical (unpaired) electrons. The number of ether oxygens (including phenoxy) is 9. The fourth-order valence-electron chi connectivity index (χ4n) is 4.53. The highest BCUT2D eigenvalue weighted by Crippen LogP contribution is 2.23. The van der Waals surface area contributed by atoms with Crippen molar-refractivity contribution < 1.29 is 57.0 Å². The van der Waals surface area contributed by atoms with Gasteiger partial charge in [-0.15, -0.1) is 5.10 Å². The number of carbonyl (C=O) groups is 3. The Morgan fingerprint density at radius 2 is 1.16 bits per heavy atom. The second kappa shape index (κ2) is 31.4. The van der Waals surface area contributed by atoms with Crippen LogP contribution in [0.25, 0.3) is 0 Å². The van der Waals surface area contributed by atoms with Crippen LogP contribution in [0.1, 0.15) is 37.8 Å². The van der Waals surface area contributed by atoms with E-state index in [0.29, 0.717) is 132 Å². The van der Waals surface area contributed by atoms with Crippen LogP contribution in [0.3, 0.4) is 0 Å². The summed E-state index contributed by atoms with van der Waals surface area (Å²) in [5.74, 6) is -0.0323. The molecule has 17 nitrogen and oxygen atoms in total. The minimum absolute atomic E-state index is 0.0939. The molecule has 2 N–H and O–H groups in total. The molecule has 49 heavy (non-hydrogen) atoms. The van der Waals surface area contributed by atoms with Crippen LogP contribution in [0.15, 0.2) is 6.20 Å². The SMILES string of the molecule is O=CCOCC(=O)NCCOCCOCCOCCOCCOCCOCCOCCOCCn1cc(CNC(=O)C2CCCCC2)nn1. The smallest absolute Gasteiger partial charge is 0.246 e. The van der Waals surface area contributed by atoms with Crippen molar-refractivity contribution >= 4 is 18.1 Å². The molecule has 0 spiro atoms. The Kier molecular flexibility index (Phi) is 27.3. The van der Waals surface area contributed by atoms with Crippen LogP contribution in [-0.4, -0.2) is 159 Å². The van der Waals surface area contributed by atoms with E-state index in [2.05, 4.69) is 20.9 Å². The summed E-state index contributed by atoms with van der Waals surface area (Å²) in [6.07, 6.45) is 7.89. The lowest BCUT2D eigenvalue weighted by molar-refractivity contribution is -0.127. The maximum absolute atomic E-state index is 12.3. The predicted octanol–water partition coefficient (Wildman–Crippen LogP) is -0.0609. The second-order valence-corrected chi connectivity index (χ2v) is 11.0. The first kappa shape index (κ1) is 42.6. The first-order valence-corrected chi connectivity index (χ1v) is 17.3. The first-order valence-electron chi connectivity index (χ1n) is 17.3. The lowest BCUT2D eigenvalue weighted by Crippen LogP contribution is -2.31. The van der Waals surface area contributed by atoms with E-state index in [4.69, 9.17) is 42.6 Å². The van der Waals surface area contributed by atoms with Crippen molar-refractivity contribution in [3.05, 3.63) is 11.9 Å². The Bertz CT molecular complexity index is 951. The molecule has 0 aliphatic heterocycles. The van der Waals surface area contributed by atoms with E-state index >= 15 is 0 Å². The molecule has 0 aromatic carbocycles. The van der Waals surface area contributed by atoms with Crippen molar-refractivity contribution in [1.82, 2.24) is 25.6 Å². The van der Waals surface area contributed by atoms with Gasteiger partial charge in [0.05, 0.1) is 125 Å². The Morgan fingerprint density at radius 3 is 1.67 bits per heavy atom. The minimum Gasteiger partial charge on any atom is -0.377 e. The summed E-state index contributed by atoms with van der Waals surface area (Å²) in [6, 6.07) is 0. The lowest BCUT2D eigenvalue weighted by atomic mass is 9.89. The topological polar surface area (TPSA) is 189 Å². The number of aldehydes is 1. The zero-order valence-corrected chi connectivity index (χ0v) is 28.9. The zero-order chi connectivity index (χ0) is 34.9. The Balaban J connectivity index is 1.21. The number of nitrogens with one attached hydrogen (secondary N) is 2. The van der Waals surface area contributed by atoms with Gasteiger partial charge in [-0.1, -0.05) is 24.5 Å². The molecular formula is C32H57N5O12. The van der Waals surface area contributed by atoms with E-state index in [1.807, 2.05) is 6.20 Å². The Labute approximate surface area is 289 Å². The van der Waals surface area contributed by atoms with Gasteiger partial charge in [0.2, 0.25) is 11.8 Å². The van der Waals surface area contributed by atoms with Crippen LogP contribution in [0, 0.1) is 5.92 Å². The summed E-state index contributed by atoms with van der Waals surface area (Å²) in [5, 5.41) is 13.8. The van der Waals surface area contributed by atoms with Gasteiger partial charge in [-0.05, 0) is 12.8 Å². The van der Waals surface area contributed by atoms with Crippen LogP contribution in [0.4, 0.5) is 0 Å². The first-order chi connectivity index (χ1) is 24.2. The highest BCUT2D eigenvalue weighted by Gasteiger charge is 2.20. The van der Waals surface area contributed by atoms with Gasteiger partial charge in [0, 0.05) is 12.5 Å². The molecule has 1 heterocycles. The predicted molar refractivity (Wildman–Crippen MR) is 175 cm³/mol. The average Bonchev–Trinajstić information content (AvgIpc) is 3.58. The average molecular weight is 704 g/mol. The Morgan fingerprint density at radius 1 is 0.673 bits per heavy atom. The Hall–Kier alpha value is -2.61. The van der Waals surface area contributed by atoms with Gasteiger partial charge < -0.3 is 58.1 Å². The number of aromatic nitrogens is 3. The number of rotatable bonds is 34. The zero-order valence-electron chi connectivity index (χ0n) is 28.9. The van der Waals surface area contributed by atoms with Gasteiger partial charge >= 0.3 is 0 Å². The summed E-state index contributed by atoms with van der Waals surface area (Å²) in [5.41, 5.74) is 0.742. The molecule has 1 aromatic rings. The van der Waals surface area contributed by atoms with Crippen molar-refractivity contribution in [2.75, 3.05) is 125 Å². The van der Waals surface area contributed by atoms with Gasteiger partial charge in [-0.25, -0.2) is 4.68 Å². The quantitative estimate of drug-likeness (QED) is 0.0717. The summed E-state index contributed by atoms with van der Waals surface area (Å²) >= 11 is 0. The van der Waals surface area contributed by atoms with Gasteiger partial charge in [0.1, 0.15) is 25.2 Å². The van der Waals surface area contributed by atoms with E-state index in [1.54, 1.807) is 4.68 Å². The summed E-state index contributed by atoms with van der Waals surface area (Å²) < 4.78 is 50.3. The molecule has 1 aliphatic rings. The van der Waals surface area contributed by atoms with Crippen LogP contribution >= 0.6 is 0 Å². The van der Waals surface area contributed by atoms with Crippen molar-refractivity contribution in [2.24, 2.45) is 5.92 Å². The van der Waals surface area contributed by atoms with E-state index in [1.165, 1.54) is 6.42 Å². The number of amides is 2. The number of carbonyl (C=O) groups excluding carboxylic acids is 3. The fourth-order valence-corrected chi connectivity index (χ4v) is 4.53. The number of hydrogen-bond donors (Lipinski definition) is 2. The molecular weight excluding hydrogens is 646 g/mol. The molecule has 0 atom stereocenters. The molecule has 1 aliphatic carbocycles. The van der Waals surface area contributed by atoms with Crippen LogP contribution in [-0.2, 0) is 70.1 Å². The van der Waals surface area contributed by atoms with Crippen LogP contribution in [0.5, 0.6) is 0 Å². The third-order valence-corrected chi connectivity index (χ3v) is 7.06. The molecule has 2 rings (SSSR count). The molecule has 282 valence electrons. The number of hydrogen-bond acceptors (Lipinski definition) is 14. The number of nitrogens with zero attached hydrogens (tertiary/aromatic N) is 3. The van der Waals surface area contributed by atoms with E-state index < -0.39 is 0 Å². The third kappa shape index (κ3) is 25.1. The molecule has 1 aromatic heterocycles. The molecule has 0 unspecified atom stereocenters. The molecule has 2 amide bonds. The highest BCUT2D eigenvalue weighted by molar-refractivity contribution is 5.78. The van der Waals surface area contributed by atoms with E-state index in [0.717, 1.165) is 31.4 Å². The van der Waals surface area contributed by atoms with Gasteiger partial charge in [0.15, 0.2) is 0 Å². The normalized spacial score (nSPS) is 13.5. The summed E-state index contributed by atoms with van der Waals surface area (Å²) in [4.78, 5) is 33.7. The third-order valence-electron chi connectivity index (χ3n) is 7.06. The molecule has 1 fully saturated rings. The minimum atomic E-state index is -0.292. The van der Waals surface area contributed by atoms with Crippen LogP contribution < -0.4 is 10.6 Å². The van der Waals surface area contributed by atoms with Crippen molar-refractivity contribution in [2.45, 2.75) is 45.2 Å². The summed E-state index contributed by atoms with van der Waals surface area (Å²) in [6.45, 7) is 8.47. The summed E-state index contributed by atoms with van der Waals surface area (Å²) in [7, 11) is 0. The van der Waals surface area contributed by atoms with Crippen LogP contribution in [0.2, 0.25) is 0 Å². The fraction of sp³-hybridized carbons (Fsp3) is 0.844. The molecule has 1 saturated carbocycles. The monoisotopic (exact) mass is 703 g/mol. The van der Waals surface area contributed by atoms with Gasteiger partial charge in [0.25, 0.3) is 0 Å². The van der Waals surface area contributed by atoms with E-state index in [-0.39, 0.29) is 30.9 Å². The highest BCUT2D eigenvalue weighted by atomic mass is 16.6. The second-order valence-electron chi connectivity index (χ2n) is 11.0. The maximum atomic E-state index is 12.3. The maximum Gasteiger partial charge on any atom is 0.246 e. The van der Waals surface area contributed by atoms with Gasteiger partial charge in [-0.3, -0.25) is 9.59 Å². The molecule has 17 heteroatoms. The van der Waals surface area contributed by atoms with Gasteiger partial charge in [-0.2, -0.15) is 0 Å². The largest absolute Gasteiger partial charge is 0.377 e. The molecule has 0 saturated heterocycles. The van der Waals surface area contributed by atoms with Crippen molar-refractivity contribution in [3.63, 3.8) is 0 Å². The lowest BCUT2D eigenvalue weighted by Gasteiger charge is -2.20. The standard InChI is InChI=1S/C32H57N5O12/c38-8-11-49-28-31(39)33-6-9-41-12-14-43-16-18-45-20-22-47-24-25-48-23-21-46-19-17-44-15-13-42-10-7-37-27-30(35-36-37)26-34-32(40)29-4-2-1-3-5-29/h8,27,29H,1-7,9-26,28H2,(H,33,39)(H,34,40). The van der Waals surface area contributed by atoms with Crippen molar-refractivity contribution in [1.29, 1.82) is 0 Å². The van der Waals surface area contributed by atoms with Crippen molar-refractivity contribution in [3.8, 4) is 0 Å². The molecule has 0 bridgehead atoms. The van der Waals surface area contributed by atoms with E-state index in [9.17, 15) is 14.4 Å².